The van der Waals surface area contributed by atoms with Crippen LogP contribution in [0.15, 0.2) is 60.7 Å². The SMILES string of the molecule is CCN(CC)c1ccc(NC2CCCCC2)c2c1C(=O)OC21c2ccccc2Oc2ccccc21. The highest BCUT2D eigenvalue weighted by atomic mass is 16.6. The van der Waals surface area contributed by atoms with Crippen LogP contribution in [0.1, 0.15) is 73.0 Å². The number of nitrogens with zero attached hydrogens (tertiary/aromatic N) is 1. The molecule has 0 unspecified atom stereocenters. The van der Waals surface area contributed by atoms with E-state index < -0.39 is 5.60 Å². The van der Waals surface area contributed by atoms with Crippen molar-refractivity contribution < 1.29 is 14.3 Å². The topological polar surface area (TPSA) is 50.8 Å². The lowest BCUT2D eigenvalue weighted by Crippen LogP contribution is -2.34. The fraction of sp³-hybridized carbons (Fsp3) is 0.367. The number of ether oxygens (including phenoxy) is 2. The van der Waals surface area contributed by atoms with Crippen molar-refractivity contribution in [3.63, 3.8) is 0 Å². The first-order chi connectivity index (χ1) is 17.2. The molecule has 6 rings (SSSR count). The molecule has 3 aromatic rings. The Labute approximate surface area is 207 Å². The number of para-hydroxylation sites is 2. The molecule has 2 heterocycles. The van der Waals surface area contributed by atoms with Crippen molar-refractivity contribution >= 4 is 17.3 Å². The minimum absolute atomic E-state index is 0.277. The molecule has 0 aromatic heterocycles. The number of esters is 1. The van der Waals surface area contributed by atoms with Crippen molar-refractivity contribution in [2.75, 3.05) is 23.3 Å². The van der Waals surface area contributed by atoms with E-state index in [1.54, 1.807) is 0 Å². The summed E-state index contributed by atoms with van der Waals surface area (Å²) in [5.41, 5.74) is 4.19. The Bertz CT molecular complexity index is 1230. The van der Waals surface area contributed by atoms with Crippen molar-refractivity contribution in [1.82, 2.24) is 0 Å². The molecule has 3 aromatic carbocycles. The normalized spacial score (nSPS) is 17.7. The van der Waals surface area contributed by atoms with Crippen LogP contribution < -0.4 is 15.0 Å². The van der Waals surface area contributed by atoms with E-state index >= 15 is 0 Å². The molecule has 0 bridgehead atoms. The molecule has 35 heavy (non-hydrogen) atoms. The zero-order valence-corrected chi connectivity index (χ0v) is 20.5. The highest BCUT2D eigenvalue weighted by Crippen LogP contribution is 2.59. The highest BCUT2D eigenvalue weighted by molar-refractivity contribution is 6.04. The molecule has 0 radical (unpaired) electrons. The highest BCUT2D eigenvalue weighted by Gasteiger charge is 2.56. The van der Waals surface area contributed by atoms with Gasteiger partial charge in [-0.25, -0.2) is 4.79 Å². The second kappa shape index (κ2) is 8.63. The third kappa shape index (κ3) is 3.32. The van der Waals surface area contributed by atoms with Crippen molar-refractivity contribution in [3.05, 3.63) is 82.9 Å². The number of fused-ring (bicyclic) bond motifs is 6. The molecule has 0 saturated heterocycles. The Morgan fingerprint density at radius 2 is 1.51 bits per heavy atom. The number of nitrogens with one attached hydrogen (secondary N) is 1. The molecule has 1 spiro atoms. The fourth-order valence-electron chi connectivity index (χ4n) is 6.16. The van der Waals surface area contributed by atoms with Gasteiger partial charge < -0.3 is 19.7 Å². The summed E-state index contributed by atoms with van der Waals surface area (Å²) in [6, 6.07) is 20.5. The Morgan fingerprint density at radius 1 is 0.886 bits per heavy atom. The molecule has 2 aliphatic heterocycles. The van der Waals surface area contributed by atoms with E-state index in [4.69, 9.17) is 9.47 Å². The minimum atomic E-state index is -1.06. The van der Waals surface area contributed by atoms with Crippen LogP contribution in [0.2, 0.25) is 0 Å². The van der Waals surface area contributed by atoms with E-state index in [1.807, 2.05) is 48.5 Å². The first-order valence-corrected chi connectivity index (χ1v) is 13.0. The number of benzene rings is 3. The quantitative estimate of drug-likeness (QED) is 0.415. The lowest BCUT2D eigenvalue weighted by atomic mass is 9.76. The summed E-state index contributed by atoms with van der Waals surface area (Å²) < 4.78 is 12.8. The van der Waals surface area contributed by atoms with Gasteiger partial charge in [0.2, 0.25) is 0 Å². The van der Waals surface area contributed by atoms with Crippen LogP contribution in [-0.4, -0.2) is 25.1 Å². The number of hydrogen-bond donors (Lipinski definition) is 1. The maximum Gasteiger partial charge on any atom is 0.342 e. The van der Waals surface area contributed by atoms with Gasteiger partial charge in [-0.3, -0.25) is 0 Å². The van der Waals surface area contributed by atoms with Gasteiger partial charge in [0, 0.05) is 41.5 Å². The first kappa shape index (κ1) is 22.0. The van der Waals surface area contributed by atoms with Crippen molar-refractivity contribution in [3.8, 4) is 11.5 Å². The summed E-state index contributed by atoms with van der Waals surface area (Å²) in [7, 11) is 0. The largest absolute Gasteiger partial charge is 0.456 e. The summed E-state index contributed by atoms with van der Waals surface area (Å²) in [6.07, 6.45) is 6.05. The molecular weight excluding hydrogens is 436 g/mol. The second-order valence-corrected chi connectivity index (χ2v) is 9.70. The molecule has 5 nitrogen and oxygen atoms in total. The van der Waals surface area contributed by atoms with Crippen LogP contribution in [0.4, 0.5) is 11.4 Å². The lowest BCUT2D eigenvalue weighted by molar-refractivity contribution is 0.0226. The smallest absolute Gasteiger partial charge is 0.342 e. The third-order valence-electron chi connectivity index (χ3n) is 7.81. The van der Waals surface area contributed by atoms with Crippen LogP contribution in [0.3, 0.4) is 0 Å². The van der Waals surface area contributed by atoms with E-state index in [2.05, 4.69) is 36.2 Å². The van der Waals surface area contributed by atoms with E-state index in [-0.39, 0.29) is 5.97 Å². The van der Waals surface area contributed by atoms with Crippen LogP contribution in [0.5, 0.6) is 11.5 Å². The van der Waals surface area contributed by atoms with Gasteiger partial charge in [-0.2, -0.15) is 0 Å². The Morgan fingerprint density at radius 3 is 2.14 bits per heavy atom. The Kier molecular flexibility index (Phi) is 5.43. The third-order valence-corrected chi connectivity index (χ3v) is 7.81. The molecule has 0 atom stereocenters. The molecule has 1 saturated carbocycles. The van der Waals surface area contributed by atoms with Gasteiger partial charge in [-0.1, -0.05) is 55.7 Å². The van der Waals surface area contributed by atoms with E-state index in [9.17, 15) is 4.79 Å². The van der Waals surface area contributed by atoms with E-state index in [0.29, 0.717) is 11.6 Å². The molecule has 1 fully saturated rings. The molecule has 1 N–H and O–H groups in total. The number of anilines is 2. The van der Waals surface area contributed by atoms with Gasteiger partial charge in [0.05, 0.1) is 11.3 Å². The first-order valence-electron chi connectivity index (χ1n) is 13.0. The summed E-state index contributed by atoms with van der Waals surface area (Å²) in [4.78, 5) is 16.1. The van der Waals surface area contributed by atoms with Gasteiger partial charge in [-0.15, -0.1) is 0 Å². The minimum Gasteiger partial charge on any atom is -0.456 e. The number of rotatable bonds is 5. The fourth-order valence-corrected chi connectivity index (χ4v) is 6.16. The summed E-state index contributed by atoms with van der Waals surface area (Å²) in [6.45, 7) is 5.88. The Balaban J connectivity index is 1.65. The number of carbonyl (C=O) groups is 1. The second-order valence-electron chi connectivity index (χ2n) is 9.70. The van der Waals surface area contributed by atoms with Gasteiger partial charge >= 0.3 is 5.97 Å². The lowest BCUT2D eigenvalue weighted by Gasteiger charge is -2.38. The van der Waals surface area contributed by atoms with Crippen LogP contribution in [-0.2, 0) is 10.3 Å². The molecule has 3 aliphatic rings. The maximum atomic E-state index is 13.8. The van der Waals surface area contributed by atoms with Gasteiger partial charge in [0.1, 0.15) is 11.5 Å². The monoisotopic (exact) mass is 468 g/mol. The zero-order chi connectivity index (χ0) is 24.0. The molecule has 5 heteroatoms. The van der Waals surface area contributed by atoms with Gasteiger partial charge in [0.15, 0.2) is 5.60 Å². The van der Waals surface area contributed by atoms with E-state index in [0.717, 1.165) is 65.5 Å². The predicted molar refractivity (Wildman–Crippen MR) is 139 cm³/mol. The molecule has 1 aliphatic carbocycles. The zero-order valence-electron chi connectivity index (χ0n) is 20.5. The summed E-state index contributed by atoms with van der Waals surface area (Å²) in [5.74, 6) is 1.17. The standard InChI is InChI=1S/C30H32N2O3/c1-3-32(4-2)24-19-18-23(31-20-12-6-5-7-13-20)28-27(24)29(33)35-30(28)21-14-8-10-16-25(21)34-26-17-11-9-15-22(26)30/h8-11,14-20,31H,3-7,12-13H2,1-2H3. The average molecular weight is 469 g/mol. The molecule has 0 amide bonds. The van der Waals surface area contributed by atoms with Crippen molar-refractivity contribution in [2.45, 2.75) is 57.6 Å². The van der Waals surface area contributed by atoms with Crippen LogP contribution in [0.25, 0.3) is 0 Å². The van der Waals surface area contributed by atoms with Gasteiger partial charge in [-0.05, 0) is 51.0 Å². The van der Waals surface area contributed by atoms with Crippen molar-refractivity contribution in [2.24, 2.45) is 0 Å². The Hall–Kier alpha value is -3.47. The summed E-state index contributed by atoms with van der Waals surface area (Å²) in [5, 5.41) is 3.85. The van der Waals surface area contributed by atoms with Gasteiger partial charge in [0.25, 0.3) is 0 Å². The number of hydrogen-bond acceptors (Lipinski definition) is 5. The number of carbonyl (C=O) groups excluding carboxylic acids is 1. The summed E-state index contributed by atoms with van der Waals surface area (Å²) >= 11 is 0. The molecular formula is C30H32N2O3. The molecule has 180 valence electrons. The van der Waals surface area contributed by atoms with Crippen LogP contribution >= 0.6 is 0 Å². The maximum absolute atomic E-state index is 13.8. The van der Waals surface area contributed by atoms with Crippen molar-refractivity contribution in [1.29, 1.82) is 0 Å². The van der Waals surface area contributed by atoms with Crippen LogP contribution in [0, 0.1) is 0 Å². The van der Waals surface area contributed by atoms with E-state index in [1.165, 1.54) is 19.3 Å². The average Bonchev–Trinajstić information content (AvgIpc) is 3.20. The predicted octanol–water partition coefficient (Wildman–Crippen LogP) is 6.85.